The molecule has 1 aromatic rings. The molecule has 1 N–H and O–H groups in total. The molecule has 1 fully saturated rings. The van der Waals surface area contributed by atoms with Crippen LogP contribution in [-0.2, 0) is 9.53 Å². The molecule has 1 amide bonds. The van der Waals surface area contributed by atoms with E-state index in [1.807, 2.05) is 0 Å². The number of benzene rings is 1. The van der Waals surface area contributed by atoms with Gasteiger partial charge in [-0.1, -0.05) is 12.1 Å². The Balaban J connectivity index is 2.08. The minimum atomic E-state index is -0.112. The monoisotopic (exact) mass is 247 g/mol. The van der Waals surface area contributed by atoms with Gasteiger partial charge in [-0.25, -0.2) is 0 Å². The fourth-order valence-electron chi connectivity index (χ4n) is 2.08. The molecular weight excluding hydrogens is 230 g/mol. The third-order valence-electron chi connectivity index (χ3n) is 3.10. The molecule has 1 heterocycles. The van der Waals surface area contributed by atoms with E-state index in [9.17, 15) is 9.59 Å². The van der Waals surface area contributed by atoms with E-state index >= 15 is 0 Å². The van der Waals surface area contributed by atoms with Gasteiger partial charge in [0.25, 0.3) is 0 Å². The first-order valence-electron chi connectivity index (χ1n) is 6.17. The van der Waals surface area contributed by atoms with E-state index in [-0.39, 0.29) is 17.6 Å². The highest BCUT2D eigenvalue weighted by molar-refractivity contribution is 6.04. The number of rotatable bonds is 3. The second-order valence-corrected chi connectivity index (χ2v) is 4.51. The molecule has 0 aromatic heterocycles. The van der Waals surface area contributed by atoms with Crippen LogP contribution in [0.25, 0.3) is 0 Å². The fourth-order valence-corrected chi connectivity index (χ4v) is 2.08. The summed E-state index contributed by atoms with van der Waals surface area (Å²) in [6.07, 6.45) is 1.75. The number of ether oxygens (including phenoxy) is 1. The highest BCUT2D eigenvalue weighted by atomic mass is 16.5. The summed E-state index contributed by atoms with van der Waals surface area (Å²) in [4.78, 5) is 23.5. The smallest absolute Gasteiger partial charge is 0.229 e. The third-order valence-corrected chi connectivity index (χ3v) is 3.10. The maximum atomic E-state index is 12.0. The Bertz CT molecular complexity index is 450. The van der Waals surface area contributed by atoms with Crippen molar-refractivity contribution in [2.24, 2.45) is 5.92 Å². The van der Waals surface area contributed by atoms with Crippen molar-refractivity contribution in [1.82, 2.24) is 0 Å². The summed E-state index contributed by atoms with van der Waals surface area (Å²) in [6.45, 7) is 2.69. The highest BCUT2D eigenvalue weighted by Crippen LogP contribution is 2.19. The molecule has 4 heteroatoms. The number of carbonyl (C=O) groups is 2. The van der Waals surface area contributed by atoms with Crippen molar-refractivity contribution in [3.63, 3.8) is 0 Å². The van der Waals surface area contributed by atoms with Crippen LogP contribution < -0.4 is 5.32 Å². The fraction of sp³-hybridized carbons (Fsp3) is 0.429. The normalized spacial score (nSPS) is 19.3. The molecule has 1 unspecified atom stereocenters. The first-order chi connectivity index (χ1) is 8.68. The summed E-state index contributed by atoms with van der Waals surface area (Å²) in [5.41, 5.74) is 1.13. The molecule has 0 bridgehead atoms. The Hall–Kier alpha value is -1.68. The van der Waals surface area contributed by atoms with Crippen LogP contribution in [0, 0.1) is 5.92 Å². The molecule has 1 saturated heterocycles. The zero-order chi connectivity index (χ0) is 13.0. The Morgan fingerprint density at radius 3 is 2.78 bits per heavy atom. The van der Waals surface area contributed by atoms with Crippen LogP contribution in [0.15, 0.2) is 24.3 Å². The molecule has 18 heavy (non-hydrogen) atoms. The van der Waals surface area contributed by atoms with Gasteiger partial charge < -0.3 is 10.1 Å². The average molecular weight is 247 g/mol. The summed E-state index contributed by atoms with van der Waals surface area (Å²) in [7, 11) is 0. The molecule has 0 aliphatic carbocycles. The number of anilines is 1. The number of ketones is 1. The van der Waals surface area contributed by atoms with E-state index in [0.717, 1.165) is 19.4 Å². The van der Waals surface area contributed by atoms with Crippen molar-refractivity contribution in [2.45, 2.75) is 19.8 Å². The minimum Gasteiger partial charge on any atom is -0.381 e. The van der Waals surface area contributed by atoms with Crippen molar-refractivity contribution in [3.8, 4) is 0 Å². The molecule has 0 saturated carbocycles. The van der Waals surface area contributed by atoms with Crippen molar-refractivity contribution in [2.75, 3.05) is 18.5 Å². The lowest BCUT2D eigenvalue weighted by Gasteiger charge is -2.21. The molecule has 1 aliphatic heterocycles. The minimum absolute atomic E-state index is 0.0502. The summed E-state index contributed by atoms with van der Waals surface area (Å²) < 4.78 is 5.29. The highest BCUT2D eigenvalue weighted by Gasteiger charge is 2.22. The van der Waals surface area contributed by atoms with Crippen LogP contribution >= 0.6 is 0 Å². The number of para-hydroxylation sites is 1. The van der Waals surface area contributed by atoms with Gasteiger partial charge in [0.05, 0.1) is 18.2 Å². The Morgan fingerprint density at radius 2 is 2.11 bits per heavy atom. The molecule has 1 aliphatic rings. The van der Waals surface area contributed by atoms with Gasteiger partial charge in [0.2, 0.25) is 5.91 Å². The largest absolute Gasteiger partial charge is 0.381 e. The standard InChI is InChI=1S/C14H17NO3/c1-10(16)12-6-2-3-7-13(12)15-14(17)11-5-4-8-18-9-11/h2-3,6-7,11H,4-5,8-9H2,1H3,(H,15,17). The number of Topliss-reactive ketones (excluding diaryl/α,β-unsaturated/α-hetero) is 1. The van der Waals surface area contributed by atoms with Crippen molar-refractivity contribution in [1.29, 1.82) is 0 Å². The van der Waals surface area contributed by atoms with Crippen molar-refractivity contribution >= 4 is 17.4 Å². The molecule has 4 nitrogen and oxygen atoms in total. The van der Waals surface area contributed by atoms with Crippen LogP contribution in [-0.4, -0.2) is 24.9 Å². The lowest BCUT2D eigenvalue weighted by atomic mass is 10.0. The summed E-state index contributed by atoms with van der Waals surface area (Å²) >= 11 is 0. The Kier molecular flexibility index (Phi) is 4.10. The Morgan fingerprint density at radius 1 is 1.33 bits per heavy atom. The van der Waals surface area contributed by atoms with Gasteiger partial charge in [0.15, 0.2) is 5.78 Å². The molecule has 0 spiro atoms. The maximum Gasteiger partial charge on any atom is 0.229 e. The van der Waals surface area contributed by atoms with Gasteiger partial charge in [-0.2, -0.15) is 0 Å². The third kappa shape index (κ3) is 2.96. The van der Waals surface area contributed by atoms with Crippen LogP contribution in [0.2, 0.25) is 0 Å². The molecule has 96 valence electrons. The zero-order valence-electron chi connectivity index (χ0n) is 10.4. The number of carbonyl (C=O) groups excluding carboxylic acids is 2. The van der Waals surface area contributed by atoms with Gasteiger partial charge in [0, 0.05) is 12.2 Å². The van der Waals surface area contributed by atoms with E-state index in [0.29, 0.717) is 17.9 Å². The first-order valence-corrected chi connectivity index (χ1v) is 6.17. The maximum absolute atomic E-state index is 12.0. The van der Waals surface area contributed by atoms with Gasteiger partial charge in [0.1, 0.15) is 0 Å². The van der Waals surface area contributed by atoms with E-state index < -0.39 is 0 Å². The average Bonchev–Trinajstić information content (AvgIpc) is 2.40. The molecule has 2 rings (SSSR count). The second-order valence-electron chi connectivity index (χ2n) is 4.51. The van der Waals surface area contributed by atoms with Gasteiger partial charge in [-0.05, 0) is 31.9 Å². The summed E-state index contributed by atoms with van der Waals surface area (Å²) in [5, 5.41) is 2.82. The van der Waals surface area contributed by atoms with Crippen LogP contribution in [0.4, 0.5) is 5.69 Å². The topological polar surface area (TPSA) is 55.4 Å². The van der Waals surface area contributed by atoms with Crippen molar-refractivity contribution < 1.29 is 14.3 Å². The van der Waals surface area contributed by atoms with Gasteiger partial charge >= 0.3 is 0 Å². The van der Waals surface area contributed by atoms with E-state index in [2.05, 4.69) is 5.32 Å². The van der Waals surface area contributed by atoms with E-state index in [1.165, 1.54) is 6.92 Å². The predicted molar refractivity (Wildman–Crippen MR) is 68.6 cm³/mol. The van der Waals surface area contributed by atoms with Crippen LogP contribution in [0.1, 0.15) is 30.1 Å². The van der Waals surface area contributed by atoms with Crippen molar-refractivity contribution in [3.05, 3.63) is 29.8 Å². The predicted octanol–water partition coefficient (Wildman–Crippen LogP) is 2.25. The number of hydrogen-bond acceptors (Lipinski definition) is 3. The molecule has 0 radical (unpaired) electrons. The summed E-state index contributed by atoms with van der Waals surface area (Å²) in [5.74, 6) is -0.229. The quantitative estimate of drug-likeness (QED) is 0.833. The van der Waals surface area contributed by atoms with Crippen LogP contribution in [0.3, 0.4) is 0 Å². The molecule has 1 atom stereocenters. The SMILES string of the molecule is CC(=O)c1ccccc1NC(=O)C1CCCOC1. The lowest BCUT2D eigenvalue weighted by Crippen LogP contribution is -2.30. The lowest BCUT2D eigenvalue weighted by molar-refractivity contribution is -0.123. The van der Waals surface area contributed by atoms with Gasteiger partial charge in [-0.15, -0.1) is 0 Å². The number of nitrogens with one attached hydrogen (secondary N) is 1. The Labute approximate surface area is 106 Å². The second kappa shape index (κ2) is 5.78. The number of amides is 1. The van der Waals surface area contributed by atoms with E-state index in [4.69, 9.17) is 4.74 Å². The summed E-state index contributed by atoms with van der Waals surface area (Å²) in [6, 6.07) is 7.06. The van der Waals surface area contributed by atoms with Crippen LogP contribution in [0.5, 0.6) is 0 Å². The van der Waals surface area contributed by atoms with Gasteiger partial charge in [-0.3, -0.25) is 9.59 Å². The number of hydrogen-bond donors (Lipinski definition) is 1. The first kappa shape index (κ1) is 12.8. The zero-order valence-corrected chi connectivity index (χ0v) is 10.4. The molecular formula is C14H17NO3. The van der Waals surface area contributed by atoms with E-state index in [1.54, 1.807) is 24.3 Å². The molecule has 1 aromatic carbocycles.